The van der Waals surface area contributed by atoms with Crippen molar-refractivity contribution in [2.75, 3.05) is 0 Å². The van der Waals surface area contributed by atoms with Crippen molar-refractivity contribution in [2.24, 2.45) is 12.0 Å². The van der Waals surface area contributed by atoms with Crippen molar-refractivity contribution in [3.63, 3.8) is 0 Å². The lowest BCUT2D eigenvalue weighted by Gasteiger charge is -1.99. The van der Waals surface area contributed by atoms with Gasteiger partial charge in [-0.1, -0.05) is 24.8 Å². The van der Waals surface area contributed by atoms with Gasteiger partial charge in [-0.3, -0.25) is 0 Å². The van der Waals surface area contributed by atoms with Crippen LogP contribution < -0.4 is 0 Å². The molecule has 7 nitrogen and oxygen atoms in total. The van der Waals surface area contributed by atoms with Gasteiger partial charge in [-0.25, -0.2) is 10.2 Å². The van der Waals surface area contributed by atoms with Crippen LogP contribution in [0.2, 0.25) is 0 Å². The van der Waals surface area contributed by atoms with Gasteiger partial charge in [0.05, 0.1) is 43.2 Å². The third-order valence-corrected chi connectivity index (χ3v) is 8.11. The minimum atomic E-state index is -0.252. The van der Waals surface area contributed by atoms with E-state index in [-0.39, 0.29) is 5.84 Å². The Kier molecular flexibility index (Phi) is 3.88. The van der Waals surface area contributed by atoms with Gasteiger partial charge in [0.1, 0.15) is 17.3 Å². The number of pyridine rings is 1. The summed E-state index contributed by atoms with van der Waals surface area (Å²) in [5.74, 6) is -0.252. The predicted octanol–water partition coefficient (Wildman–Crippen LogP) is 6.15. The van der Waals surface area contributed by atoms with Crippen molar-refractivity contribution in [1.82, 2.24) is 18.3 Å². The number of amidine groups is 1. The fourth-order valence-electron chi connectivity index (χ4n) is 3.76. The van der Waals surface area contributed by atoms with Crippen LogP contribution in [0.5, 0.6) is 0 Å². The molecule has 0 aliphatic heterocycles. The lowest BCUT2D eigenvalue weighted by atomic mass is 10.2. The fraction of sp³-hybridized carbons (Fsp3) is 0.0476. The lowest BCUT2D eigenvalue weighted by Crippen LogP contribution is -1.88. The lowest BCUT2D eigenvalue weighted by molar-refractivity contribution is 1.02. The molecule has 5 heterocycles. The molecule has 0 fully saturated rings. The van der Waals surface area contributed by atoms with E-state index in [0.29, 0.717) is 16.7 Å². The third-order valence-electron chi connectivity index (χ3n) is 5.12. The van der Waals surface area contributed by atoms with E-state index in [0.717, 1.165) is 27.8 Å². The molecule has 0 aliphatic carbocycles. The zero-order valence-corrected chi connectivity index (χ0v) is 18.3. The molecule has 6 rings (SSSR count). The van der Waals surface area contributed by atoms with Gasteiger partial charge in [0.2, 0.25) is 5.69 Å². The average Bonchev–Trinajstić information content (AvgIpc) is 3.55. The monoisotopic (exact) mass is 455 g/mol. The number of aromatic nitrogens is 4. The van der Waals surface area contributed by atoms with E-state index in [9.17, 15) is 0 Å². The van der Waals surface area contributed by atoms with Crippen molar-refractivity contribution >= 4 is 87.5 Å². The molecule has 0 saturated carbocycles. The van der Waals surface area contributed by atoms with Crippen LogP contribution in [0.1, 0.15) is 0 Å². The molecule has 0 bridgehead atoms. The van der Waals surface area contributed by atoms with Crippen LogP contribution in [0.15, 0.2) is 41.5 Å². The number of nitrogens with zero attached hydrogens (tertiary/aromatic N) is 7. The van der Waals surface area contributed by atoms with E-state index in [1.54, 1.807) is 34.9 Å². The van der Waals surface area contributed by atoms with Gasteiger partial charge in [-0.15, -0.1) is 27.7 Å². The van der Waals surface area contributed by atoms with Gasteiger partial charge in [0.25, 0.3) is 0 Å². The maximum atomic E-state index is 9.02. The Labute approximate surface area is 187 Å². The van der Waals surface area contributed by atoms with Crippen molar-refractivity contribution in [3.05, 3.63) is 47.9 Å². The van der Waals surface area contributed by atoms with E-state index >= 15 is 0 Å². The van der Waals surface area contributed by atoms with Gasteiger partial charge >= 0.3 is 5.84 Å². The molecule has 10 heteroatoms. The second kappa shape index (κ2) is 6.65. The molecule has 31 heavy (non-hydrogen) atoms. The zero-order chi connectivity index (χ0) is 21.1. The van der Waals surface area contributed by atoms with E-state index in [1.807, 2.05) is 0 Å². The summed E-state index contributed by atoms with van der Waals surface area (Å²) in [7, 11) is 2.10. The normalized spacial score (nSPS) is 12.2. The standard InChI is InChI=1S/C21H9N7S3/c1-23-15(8-22)25-11-9-24-17(18-16(11)26-31-27-18)14-7-12-20(30-14)21-19(28(12)2)10-5-3-4-6-13(10)29-21/h3-7,9H,2H3. The summed E-state index contributed by atoms with van der Waals surface area (Å²) < 4.78 is 14.8. The highest BCUT2D eigenvalue weighted by atomic mass is 32.1. The summed E-state index contributed by atoms with van der Waals surface area (Å²) in [5, 5.41) is 10.3. The maximum Gasteiger partial charge on any atom is 0.349 e. The highest BCUT2D eigenvalue weighted by Crippen LogP contribution is 2.46. The highest BCUT2D eigenvalue weighted by molar-refractivity contribution is 7.32. The smallest absolute Gasteiger partial charge is 0.349 e. The Morgan fingerprint density at radius 3 is 2.87 bits per heavy atom. The van der Waals surface area contributed by atoms with E-state index in [1.165, 1.54) is 25.0 Å². The van der Waals surface area contributed by atoms with Gasteiger partial charge < -0.3 is 9.41 Å². The third kappa shape index (κ3) is 2.53. The molecule has 0 amide bonds. The van der Waals surface area contributed by atoms with Crippen molar-refractivity contribution < 1.29 is 0 Å². The van der Waals surface area contributed by atoms with Gasteiger partial charge in [-0.2, -0.15) is 8.75 Å². The molecule has 0 N–H and O–H groups in total. The number of hydrogen-bond acceptors (Lipinski definition) is 8. The number of aliphatic imine (C=N–C) groups is 1. The second-order valence-corrected chi connectivity index (χ2v) is 9.41. The molecule has 1 aromatic carbocycles. The Morgan fingerprint density at radius 1 is 1.19 bits per heavy atom. The highest BCUT2D eigenvalue weighted by Gasteiger charge is 2.21. The first-order valence-electron chi connectivity index (χ1n) is 9.07. The molecule has 5 aromatic heterocycles. The molecule has 0 aliphatic rings. The van der Waals surface area contributed by atoms with Crippen molar-refractivity contribution in [1.29, 1.82) is 5.26 Å². The Bertz CT molecular complexity index is 1770. The predicted molar refractivity (Wildman–Crippen MR) is 127 cm³/mol. The molecule has 0 saturated heterocycles. The van der Waals surface area contributed by atoms with Crippen molar-refractivity contribution in [2.45, 2.75) is 0 Å². The largest absolute Gasteiger partial charge is 0.351 e. The Morgan fingerprint density at radius 2 is 2.03 bits per heavy atom. The number of fused-ring (bicyclic) bond motifs is 6. The number of thiophene rings is 2. The average molecular weight is 456 g/mol. The first-order chi connectivity index (χ1) is 15.2. The number of rotatable bonds is 2. The number of hydrogen-bond donors (Lipinski definition) is 0. The number of aryl methyl sites for hydroxylation is 1. The molecular weight excluding hydrogens is 446 g/mol. The molecule has 0 spiro atoms. The fourth-order valence-corrected chi connectivity index (χ4v) is 6.88. The first kappa shape index (κ1) is 18.1. The first-order valence-corrected chi connectivity index (χ1v) is 11.4. The zero-order valence-electron chi connectivity index (χ0n) is 15.8. The topological polar surface area (TPSA) is 84.1 Å². The summed E-state index contributed by atoms with van der Waals surface area (Å²) in [6.45, 7) is 7.05. The summed E-state index contributed by atoms with van der Waals surface area (Å²) in [6.07, 6.45) is 1.56. The molecule has 0 unspecified atom stereocenters. The molecule has 146 valence electrons. The number of benzene rings is 1. The summed E-state index contributed by atoms with van der Waals surface area (Å²) in [5.41, 5.74) is 4.72. The van der Waals surface area contributed by atoms with E-state index in [2.05, 4.69) is 65.5 Å². The summed E-state index contributed by atoms with van der Waals surface area (Å²) in [6, 6.07) is 12.4. The summed E-state index contributed by atoms with van der Waals surface area (Å²) >= 11 is 4.56. The molecule has 0 atom stereocenters. The van der Waals surface area contributed by atoms with Gasteiger partial charge in [0.15, 0.2) is 5.52 Å². The minimum Gasteiger partial charge on any atom is -0.351 e. The summed E-state index contributed by atoms with van der Waals surface area (Å²) in [4.78, 5) is 12.8. The second-order valence-electron chi connectivity index (χ2n) is 6.77. The quantitative estimate of drug-likeness (QED) is 0.178. The van der Waals surface area contributed by atoms with Gasteiger partial charge in [-0.05, 0) is 12.1 Å². The van der Waals surface area contributed by atoms with Crippen LogP contribution in [0.3, 0.4) is 0 Å². The van der Waals surface area contributed by atoms with Crippen LogP contribution in [0, 0.1) is 17.9 Å². The van der Waals surface area contributed by atoms with Gasteiger partial charge in [0, 0.05) is 17.1 Å². The van der Waals surface area contributed by atoms with E-state index < -0.39 is 0 Å². The molecule has 6 aromatic rings. The molecular formula is C21H9N7S3. The van der Waals surface area contributed by atoms with Crippen molar-refractivity contribution in [3.8, 4) is 16.6 Å². The van der Waals surface area contributed by atoms with Crippen LogP contribution in [0.4, 0.5) is 5.69 Å². The van der Waals surface area contributed by atoms with Crippen LogP contribution in [0.25, 0.3) is 57.0 Å². The van der Waals surface area contributed by atoms with Crippen LogP contribution in [-0.4, -0.2) is 24.1 Å². The van der Waals surface area contributed by atoms with Crippen LogP contribution >= 0.6 is 34.4 Å². The Hall–Kier alpha value is -3.70. The van der Waals surface area contributed by atoms with E-state index in [4.69, 9.17) is 11.8 Å². The van der Waals surface area contributed by atoms with Crippen LogP contribution in [-0.2, 0) is 7.05 Å². The maximum absolute atomic E-state index is 9.02. The minimum absolute atomic E-state index is 0.252. The number of nitriles is 1. The molecule has 0 radical (unpaired) electrons. The Balaban J connectivity index is 1.58. The SMILES string of the molecule is [C-]#[N+]C(C#N)=Nc1cnc(-c2cc3c(s2)c2sc4ccccc4c2n3C)c2nsnc12.